The summed E-state index contributed by atoms with van der Waals surface area (Å²) in [5, 5.41) is -1.78. The molecule has 0 radical (unpaired) electrons. The quantitative estimate of drug-likeness (QED) is 0.0563. The summed E-state index contributed by atoms with van der Waals surface area (Å²) in [6, 6.07) is 5.17. The van der Waals surface area contributed by atoms with Crippen molar-refractivity contribution in [2.24, 2.45) is 0 Å². The Bertz CT molecular complexity index is 3260. The first-order valence-corrected chi connectivity index (χ1v) is 20.3. The molecule has 0 amide bonds. The van der Waals surface area contributed by atoms with E-state index in [4.69, 9.17) is 18.9 Å². The summed E-state index contributed by atoms with van der Waals surface area (Å²) in [6.45, 7) is 0. The maximum Gasteiger partial charge on any atom is 0.294 e. The second kappa shape index (κ2) is 12.5. The molecule has 1 unspecified atom stereocenters. The minimum atomic E-state index is -5.21. The topological polar surface area (TPSA) is 237 Å². The molecule has 0 saturated heterocycles. The van der Waals surface area contributed by atoms with Crippen molar-refractivity contribution in [2.75, 3.05) is 0 Å². The van der Waals surface area contributed by atoms with Crippen LogP contribution in [0, 0.1) is 34.9 Å². The molecule has 1 atom stereocenters. The largest absolute Gasteiger partial charge is 0.449 e. The van der Waals surface area contributed by atoms with Gasteiger partial charge in [0, 0.05) is 24.3 Å². The second-order valence-corrected chi connectivity index (χ2v) is 17.1. The molecule has 296 valence electrons. The van der Waals surface area contributed by atoms with Crippen LogP contribution in [0.1, 0.15) is 0 Å². The van der Waals surface area contributed by atoms with Crippen molar-refractivity contribution in [1.82, 2.24) is 0 Å². The van der Waals surface area contributed by atoms with Crippen LogP contribution in [0.5, 0.6) is 46.0 Å². The molecule has 4 N–H and O–H groups in total. The van der Waals surface area contributed by atoms with Crippen molar-refractivity contribution in [3.05, 3.63) is 83.4 Å². The highest BCUT2D eigenvalue weighted by molar-refractivity contribution is 7.86. The molecular formula is C32H12F6O15S4. The van der Waals surface area contributed by atoms with Crippen LogP contribution in [-0.2, 0) is 41.4 Å². The standard InChI is InChI=1S/C32H12F6O15S4/c33-23-21(25(35)29-31(27(23)37)50-15-5-11(54(39)40)1-9-2-12(55(41,42)43)6-16(51-29)19(9)15)22-24(34)28(38)32-30(26(22)36)52-17-7-13(56(44,45)46)3-10-4-14(57(47,48)49)8-18(53-32)20(10)17/h1-8H,(H,39,40)(H,41,42,43)(H,44,45,46)(H,47,48,49). The number of benzene rings is 6. The van der Waals surface area contributed by atoms with Crippen molar-refractivity contribution in [1.29, 1.82) is 0 Å². The molecule has 2 aliphatic heterocycles. The van der Waals surface area contributed by atoms with Gasteiger partial charge in [-0.1, -0.05) is 0 Å². The van der Waals surface area contributed by atoms with Crippen molar-refractivity contribution in [3.63, 3.8) is 0 Å². The minimum Gasteiger partial charge on any atom is -0.449 e. The Morgan fingerprint density at radius 2 is 0.737 bits per heavy atom. The lowest BCUT2D eigenvalue weighted by atomic mass is 10.00. The fourth-order valence-corrected chi connectivity index (χ4v) is 8.15. The molecule has 15 nitrogen and oxygen atoms in total. The molecule has 0 fully saturated rings. The number of rotatable bonds is 5. The van der Waals surface area contributed by atoms with Crippen LogP contribution in [0.4, 0.5) is 26.3 Å². The smallest absolute Gasteiger partial charge is 0.294 e. The fourth-order valence-electron chi connectivity index (χ4n) is 6.12. The van der Waals surface area contributed by atoms with E-state index in [0.717, 1.165) is 18.2 Å². The maximum atomic E-state index is 16.6. The summed E-state index contributed by atoms with van der Waals surface area (Å²) >= 11 is -2.85. The first-order chi connectivity index (χ1) is 26.4. The van der Waals surface area contributed by atoms with E-state index in [2.05, 4.69) is 0 Å². The van der Waals surface area contributed by atoms with E-state index in [1.54, 1.807) is 0 Å². The van der Waals surface area contributed by atoms with Gasteiger partial charge in [0.2, 0.25) is 34.6 Å². The summed E-state index contributed by atoms with van der Waals surface area (Å²) in [4.78, 5) is -3.64. The molecule has 0 bridgehead atoms. The fraction of sp³-hybridized carbons (Fsp3) is 0. The maximum absolute atomic E-state index is 16.6. The van der Waals surface area contributed by atoms with Gasteiger partial charge in [-0.05, 0) is 35.0 Å². The highest BCUT2D eigenvalue weighted by Gasteiger charge is 2.40. The van der Waals surface area contributed by atoms with Gasteiger partial charge in [0.25, 0.3) is 30.4 Å². The lowest BCUT2D eigenvalue weighted by Gasteiger charge is -2.18. The van der Waals surface area contributed by atoms with Crippen LogP contribution in [0.15, 0.2) is 68.1 Å². The Morgan fingerprint density at radius 1 is 0.439 bits per heavy atom. The number of fused-ring (bicyclic) bond motifs is 2. The van der Waals surface area contributed by atoms with Gasteiger partial charge in [-0.25, -0.2) is 21.8 Å². The average molecular weight is 879 g/mol. The third kappa shape index (κ3) is 6.01. The van der Waals surface area contributed by atoms with Crippen molar-refractivity contribution in [2.45, 2.75) is 19.6 Å². The van der Waals surface area contributed by atoms with E-state index in [0.29, 0.717) is 30.3 Å². The summed E-state index contributed by atoms with van der Waals surface area (Å²) in [7, 11) is -15.5. The summed E-state index contributed by atoms with van der Waals surface area (Å²) in [6.07, 6.45) is 0. The van der Waals surface area contributed by atoms with E-state index < -0.39 is 164 Å². The molecule has 0 spiro atoms. The molecule has 0 saturated carbocycles. The monoisotopic (exact) mass is 878 g/mol. The normalized spacial score (nSPS) is 14.1. The van der Waals surface area contributed by atoms with E-state index >= 15 is 26.3 Å². The summed E-state index contributed by atoms with van der Waals surface area (Å²) in [5.41, 5.74) is -4.13. The van der Waals surface area contributed by atoms with Gasteiger partial charge in [0.15, 0.2) is 34.3 Å². The number of hydrogen-bond acceptors (Lipinski definition) is 11. The molecule has 0 aromatic heterocycles. The van der Waals surface area contributed by atoms with Crippen LogP contribution < -0.4 is 18.9 Å². The highest BCUT2D eigenvalue weighted by atomic mass is 32.2. The second-order valence-electron chi connectivity index (χ2n) is 11.9. The van der Waals surface area contributed by atoms with Crippen LogP contribution in [0.25, 0.3) is 32.7 Å². The van der Waals surface area contributed by atoms with Crippen molar-refractivity contribution in [3.8, 4) is 57.1 Å². The molecule has 2 heterocycles. The van der Waals surface area contributed by atoms with Gasteiger partial charge in [-0.15, -0.1) is 0 Å². The van der Waals surface area contributed by atoms with Crippen LogP contribution in [0.2, 0.25) is 0 Å². The Labute approximate surface area is 315 Å². The van der Waals surface area contributed by atoms with Gasteiger partial charge in [0.05, 0.1) is 41.5 Å². The molecule has 2 aliphatic rings. The number of ether oxygens (including phenoxy) is 4. The Hall–Kier alpha value is -5.54. The average Bonchev–Trinajstić information content (AvgIpc) is 3.39. The first kappa shape index (κ1) is 38.3. The summed E-state index contributed by atoms with van der Waals surface area (Å²) < 4.78 is 241. The Kier molecular flexibility index (Phi) is 8.39. The lowest BCUT2D eigenvalue weighted by Crippen LogP contribution is -2.07. The van der Waals surface area contributed by atoms with E-state index in [1.165, 1.54) is 0 Å². The zero-order valence-corrected chi connectivity index (χ0v) is 30.1. The third-order valence-electron chi connectivity index (χ3n) is 8.51. The summed E-state index contributed by atoms with van der Waals surface area (Å²) in [5.74, 6) is -23.7. The zero-order chi connectivity index (χ0) is 41.4. The number of hydrogen-bond donors (Lipinski definition) is 4. The third-order valence-corrected chi connectivity index (χ3v) is 11.6. The van der Waals surface area contributed by atoms with E-state index in [1.807, 2.05) is 0 Å². The van der Waals surface area contributed by atoms with E-state index in [9.17, 15) is 47.7 Å². The van der Waals surface area contributed by atoms with Crippen molar-refractivity contribution >= 4 is 63.0 Å². The molecule has 6 aromatic carbocycles. The Balaban J connectivity index is 1.39. The van der Waals surface area contributed by atoms with Crippen LogP contribution >= 0.6 is 0 Å². The van der Waals surface area contributed by atoms with Gasteiger partial charge in [0.1, 0.15) is 23.0 Å². The molecule has 25 heteroatoms. The lowest BCUT2D eigenvalue weighted by molar-refractivity contribution is 0.366. The molecule has 57 heavy (non-hydrogen) atoms. The van der Waals surface area contributed by atoms with Crippen LogP contribution in [0.3, 0.4) is 0 Å². The zero-order valence-electron chi connectivity index (χ0n) is 26.8. The number of halogens is 6. The van der Waals surface area contributed by atoms with Gasteiger partial charge in [-0.3, -0.25) is 13.7 Å². The predicted octanol–water partition coefficient (Wildman–Crippen LogP) is 7.61. The minimum absolute atomic E-state index is 0.358. The van der Waals surface area contributed by atoms with Gasteiger partial charge < -0.3 is 23.5 Å². The molecule has 8 rings (SSSR count). The van der Waals surface area contributed by atoms with Crippen LogP contribution in [-0.4, -0.2) is 47.7 Å². The Morgan fingerprint density at radius 3 is 1.05 bits per heavy atom. The predicted molar refractivity (Wildman–Crippen MR) is 178 cm³/mol. The molecule has 6 aromatic rings. The van der Waals surface area contributed by atoms with E-state index in [-0.39, 0.29) is 10.8 Å². The highest BCUT2D eigenvalue weighted by Crippen LogP contribution is 2.56. The van der Waals surface area contributed by atoms with Gasteiger partial charge in [-0.2, -0.15) is 34.0 Å². The van der Waals surface area contributed by atoms with Crippen molar-refractivity contribution < 1.29 is 93.0 Å². The molecule has 0 aliphatic carbocycles. The SMILES string of the molecule is O=S(O)c1cc2c3c(cc(S(=O)(=O)O)cc3c1)Oc1c(F)c(-c3c(F)c(F)c4c(c3F)Oc3cc(S(=O)(=O)O)cc5cc(S(=O)(=O)O)cc(c35)O4)c(F)c(F)c1O2. The first-order valence-electron chi connectivity index (χ1n) is 14.8. The van der Waals surface area contributed by atoms with Gasteiger partial charge >= 0.3 is 0 Å². The molecular weight excluding hydrogens is 867 g/mol.